The number of anilines is 1. The third-order valence-electron chi connectivity index (χ3n) is 6.91. The average molecular weight is 407 g/mol. The van der Waals surface area contributed by atoms with Crippen LogP contribution in [0.2, 0.25) is 5.02 Å². The summed E-state index contributed by atoms with van der Waals surface area (Å²) in [4.78, 5) is 15.4. The van der Waals surface area contributed by atoms with Gasteiger partial charge in [0.1, 0.15) is 0 Å². The maximum Gasteiger partial charge on any atom is 0.255 e. The number of carbonyl (C=O) groups is 1. The smallest absolute Gasteiger partial charge is 0.255 e. The minimum Gasteiger partial charge on any atom is -0.377 e. The molecule has 0 bridgehead atoms. The van der Waals surface area contributed by atoms with Crippen LogP contribution in [0.25, 0.3) is 0 Å². The minimum atomic E-state index is 0.150. The summed E-state index contributed by atoms with van der Waals surface area (Å²) in [6.07, 6.45) is 7.82. The fourth-order valence-electron chi connectivity index (χ4n) is 5.21. The predicted octanol–water partition coefficient (Wildman–Crippen LogP) is 6.04. The number of hydrogen-bond donors (Lipinski definition) is 1. The molecule has 1 N–H and O–H groups in total. The largest absolute Gasteiger partial charge is 0.377 e. The molecule has 0 spiro atoms. The molecular formula is C25H27ClN2O. The van der Waals surface area contributed by atoms with Crippen LogP contribution in [0.3, 0.4) is 0 Å². The van der Waals surface area contributed by atoms with Gasteiger partial charge in [-0.15, -0.1) is 0 Å². The Bertz CT molecular complexity index is 961. The van der Waals surface area contributed by atoms with Crippen LogP contribution in [0.1, 0.15) is 59.6 Å². The van der Waals surface area contributed by atoms with Gasteiger partial charge in [0.25, 0.3) is 5.91 Å². The van der Waals surface area contributed by atoms with Crippen LogP contribution in [-0.2, 0) is 0 Å². The zero-order chi connectivity index (χ0) is 20.0. The molecule has 3 atom stereocenters. The Morgan fingerprint density at radius 3 is 2.72 bits per heavy atom. The van der Waals surface area contributed by atoms with E-state index in [0.29, 0.717) is 17.8 Å². The van der Waals surface area contributed by atoms with Gasteiger partial charge in [0, 0.05) is 24.0 Å². The normalized spacial score (nSPS) is 26.0. The van der Waals surface area contributed by atoms with E-state index in [-0.39, 0.29) is 11.9 Å². The van der Waals surface area contributed by atoms with E-state index in [1.165, 1.54) is 11.1 Å². The van der Waals surface area contributed by atoms with Crippen molar-refractivity contribution in [2.24, 2.45) is 11.8 Å². The van der Waals surface area contributed by atoms with Gasteiger partial charge in [-0.05, 0) is 60.4 Å². The van der Waals surface area contributed by atoms with E-state index in [4.69, 9.17) is 11.6 Å². The van der Waals surface area contributed by atoms with Gasteiger partial charge < -0.3 is 10.2 Å². The summed E-state index contributed by atoms with van der Waals surface area (Å²) in [6.45, 7) is 3.98. The fraction of sp³-hybridized carbons (Fsp3) is 0.400. The fourth-order valence-corrected chi connectivity index (χ4v) is 5.41. The zero-order valence-corrected chi connectivity index (χ0v) is 17.5. The van der Waals surface area contributed by atoms with Crippen molar-refractivity contribution < 1.29 is 4.79 Å². The lowest BCUT2D eigenvalue weighted by molar-refractivity contribution is 0.0698. The van der Waals surface area contributed by atoms with Gasteiger partial charge in [-0.2, -0.15) is 0 Å². The summed E-state index contributed by atoms with van der Waals surface area (Å²) < 4.78 is 0. The number of para-hydroxylation sites is 1. The maximum atomic E-state index is 13.4. The molecule has 2 aliphatic heterocycles. The molecule has 3 unspecified atom stereocenters. The first-order valence-electron chi connectivity index (χ1n) is 10.7. The Morgan fingerprint density at radius 1 is 1.14 bits per heavy atom. The third kappa shape index (κ3) is 3.36. The second-order valence-corrected chi connectivity index (χ2v) is 9.21. The van der Waals surface area contributed by atoms with Crippen LogP contribution in [0.15, 0.2) is 54.6 Å². The molecule has 3 aliphatic rings. The molecule has 3 nitrogen and oxygen atoms in total. The number of benzene rings is 2. The summed E-state index contributed by atoms with van der Waals surface area (Å²) in [6, 6.07) is 14.5. The first-order chi connectivity index (χ1) is 14.1. The number of carbonyl (C=O) groups excluding carboxylic acids is 1. The lowest BCUT2D eigenvalue weighted by Gasteiger charge is -2.39. The van der Waals surface area contributed by atoms with Crippen LogP contribution in [0, 0.1) is 11.8 Å². The monoisotopic (exact) mass is 406 g/mol. The van der Waals surface area contributed by atoms with Crippen molar-refractivity contribution >= 4 is 23.2 Å². The van der Waals surface area contributed by atoms with E-state index in [1.807, 2.05) is 29.2 Å². The molecular weight excluding hydrogens is 380 g/mol. The Kier molecular flexibility index (Phi) is 4.87. The van der Waals surface area contributed by atoms with Gasteiger partial charge in [-0.3, -0.25) is 4.79 Å². The highest BCUT2D eigenvalue weighted by atomic mass is 35.5. The van der Waals surface area contributed by atoms with Gasteiger partial charge in [0.05, 0.1) is 17.3 Å². The zero-order valence-electron chi connectivity index (χ0n) is 16.8. The molecule has 1 saturated heterocycles. The number of fused-ring (bicyclic) bond motifs is 3. The molecule has 1 amide bonds. The minimum absolute atomic E-state index is 0.150. The molecule has 0 saturated carbocycles. The topological polar surface area (TPSA) is 32.3 Å². The van der Waals surface area contributed by atoms with E-state index >= 15 is 0 Å². The molecule has 1 fully saturated rings. The van der Waals surface area contributed by atoms with Crippen LogP contribution in [0.5, 0.6) is 0 Å². The Balaban J connectivity index is 1.53. The van der Waals surface area contributed by atoms with Gasteiger partial charge in [-0.1, -0.05) is 54.9 Å². The number of nitrogens with zero attached hydrogens (tertiary/aromatic N) is 1. The van der Waals surface area contributed by atoms with Gasteiger partial charge in [-0.25, -0.2) is 0 Å². The number of piperidine rings is 1. The highest BCUT2D eigenvalue weighted by molar-refractivity contribution is 6.30. The summed E-state index contributed by atoms with van der Waals surface area (Å²) in [5, 5.41) is 4.52. The number of nitrogens with one attached hydrogen (secondary N) is 1. The van der Waals surface area contributed by atoms with E-state index < -0.39 is 0 Å². The highest BCUT2D eigenvalue weighted by Gasteiger charge is 2.39. The average Bonchev–Trinajstić information content (AvgIpc) is 3.23. The van der Waals surface area contributed by atoms with Crippen molar-refractivity contribution in [1.82, 2.24) is 4.90 Å². The quantitative estimate of drug-likeness (QED) is 0.616. The molecule has 2 aromatic rings. The van der Waals surface area contributed by atoms with Crippen molar-refractivity contribution in [2.45, 2.75) is 38.1 Å². The molecule has 29 heavy (non-hydrogen) atoms. The summed E-state index contributed by atoms with van der Waals surface area (Å²) >= 11 is 6.30. The molecule has 5 rings (SSSR count). The van der Waals surface area contributed by atoms with Crippen molar-refractivity contribution in [3.8, 4) is 0 Å². The van der Waals surface area contributed by atoms with E-state index in [0.717, 1.165) is 48.6 Å². The maximum absolute atomic E-state index is 13.4. The number of allylic oxidation sites excluding steroid dienone is 2. The number of halogens is 1. The predicted molar refractivity (Wildman–Crippen MR) is 119 cm³/mol. The van der Waals surface area contributed by atoms with E-state index in [1.54, 1.807) is 0 Å². The first-order valence-corrected chi connectivity index (χ1v) is 11.1. The van der Waals surface area contributed by atoms with Crippen molar-refractivity contribution in [3.05, 3.63) is 76.3 Å². The molecule has 150 valence electrons. The van der Waals surface area contributed by atoms with Crippen LogP contribution in [-0.4, -0.2) is 23.9 Å². The second kappa shape index (κ2) is 7.53. The van der Waals surface area contributed by atoms with Crippen LogP contribution in [0.4, 0.5) is 5.69 Å². The SMILES string of the molecule is CC1CCN(C(=O)c2cccc3c2NC(c2cccc(Cl)c2)C2CC=CC32)CC1. The summed E-state index contributed by atoms with van der Waals surface area (Å²) in [5.74, 6) is 1.65. The Hall–Kier alpha value is -2.26. The Labute approximate surface area is 177 Å². The standard InChI is InChI=1S/C25H27ClN2O/c1-16-11-13-28(14-12-16)25(29)22-10-4-9-21-19-7-3-8-20(19)23(27-24(21)22)17-5-2-6-18(26)15-17/h2-7,9-10,15-16,19-20,23,27H,8,11-14H2,1H3. The van der Waals surface area contributed by atoms with Crippen molar-refractivity contribution in [1.29, 1.82) is 0 Å². The van der Waals surface area contributed by atoms with Crippen molar-refractivity contribution in [2.75, 3.05) is 18.4 Å². The lowest BCUT2D eigenvalue weighted by Crippen LogP contribution is -2.39. The molecule has 1 aliphatic carbocycles. The number of rotatable bonds is 2. The number of hydrogen-bond acceptors (Lipinski definition) is 2. The highest BCUT2D eigenvalue weighted by Crippen LogP contribution is 2.51. The van der Waals surface area contributed by atoms with Gasteiger partial charge in [0.15, 0.2) is 0 Å². The summed E-state index contributed by atoms with van der Waals surface area (Å²) in [7, 11) is 0. The van der Waals surface area contributed by atoms with E-state index in [2.05, 4.69) is 42.6 Å². The van der Waals surface area contributed by atoms with Gasteiger partial charge >= 0.3 is 0 Å². The molecule has 4 heteroatoms. The second-order valence-electron chi connectivity index (χ2n) is 8.78. The molecule has 2 aromatic carbocycles. The molecule has 2 heterocycles. The van der Waals surface area contributed by atoms with Crippen LogP contribution < -0.4 is 5.32 Å². The number of amides is 1. The third-order valence-corrected chi connectivity index (χ3v) is 7.14. The van der Waals surface area contributed by atoms with Crippen LogP contribution >= 0.6 is 11.6 Å². The van der Waals surface area contributed by atoms with Gasteiger partial charge in [0.2, 0.25) is 0 Å². The summed E-state index contributed by atoms with van der Waals surface area (Å²) in [5.41, 5.74) is 4.26. The molecule has 0 radical (unpaired) electrons. The first kappa shape index (κ1) is 18.7. The number of likely N-dealkylation sites (tertiary alicyclic amines) is 1. The lowest BCUT2D eigenvalue weighted by atomic mass is 9.76. The van der Waals surface area contributed by atoms with Crippen molar-refractivity contribution in [3.63, 3.8) is 0 Å². The molecule has 0 aromatic heterocycles. The van der Waals surface area contributed by atoms with E-state index in [9.17, 15) is 4.79 Å². The Morgan fingerprint density at radius 2 is 1.93 bits per heavy atom.